The van der Waals surface area contributed by atoms with Crippen molar-refractivity contribution < 1.29 is 13.7 Å². The summed E-state index contributed by atoms with van der Waals surface area (Å²) in [5.41, 5.74) is 0.684. The summed E-state index contributed by atoms with van der Waals surface area (Å²) in [5.74, 6) is 0.687. The van der Waals surface area contributed by atoms with Gasteiger partial charge in [-0.2, -0.15) is 0 Å². The van der Waals surface area contributed by atoms with Gasteiger partial charge >= 0.3 is 0 Å². The van der Waals surface area contributed by atoms with E-state index in [9.17, 15) is 18.9 Å². The van der Waals surface area contributed by atoms with Crippen LogP contribution in [0.4, 0.5) is 20.3 Å². The Morgan fingerprint density at radius 2 is 2.05 bits per heavy atom. The molecular formula is C12H16F2N4O2. The highest BCUT2D eigenvalue weighted by molar-refractivity contribution is 5.50. The SMILES string of the molecule is Cc1cc([N+](=O)[O-])cnc1N1CCN(CC(F)F)CC1. The van der Waals surface area contributed by atoms with Crippen LogP contribution in [0.25, 0.3) is 0 Å². The highest BCUT2D eigenvalue weighted by Gasteiger charge is 2.22. The molecule has 0 radical (unpaired) electrons. The molecule has 8 heteroatoms. The third-order valence-corrected chi connectivity index (χ3v) is 3.32. The van der Waals surface area contributed by atoms with Gasteiger partial charge in [-0.25, -0.2) is 13.8 Å². The first-order valence-electron chi connectivity index (χ1n) is 6.34. The van der Waals surface area contributed by atoms with E-state index in [0.29, 0.717) is 32.0 Å². The van der Waals surface area contributed by atoms with E-state index in [-0.39, 0.29) is 12.2 Å². The molecule has 0 aliphatic carbocycles. The number of nitrogens with zero attached hydrogens (tertiary/aromatic N) is 4. The van der Waals surface area contributed by atoms with Crippen LogP contribution in [0.15, 0.2) is 12.3 Å². The predicted molar refractivity (Wildman–Crippen MR) is 70.3 cm³/mol. The molecule has 20 heavy (non-hydrogen) atoms. The van der Waals surface area contributed by atoms with Gasteiger partial charge in [0.25, 0.3) is 12.1 Å². The van der Waals surface area contributed by atoms with Crippen molar-refractivity contribution in [2.75, 3.05) is 37.6 Å². The van der Waals surface area contributed by atoms with Crippen LogP contribution in [0.3, 0.4) is 0 Å². The summed E-state index contributed by atoms with van der Waals surface area (Å²) in [5, 5.41) is 10.7. The van der Waals surface area contributed by atoms with Gasteiger partial charge in [-0.3, -0.25) is 15.0 Å². The highest BCUT2D eigenvalue weighted by Crippen LogP contribution is 2.22. The Labute approximate surface area is 115 Å². The number of hydrogen-bond acceptors (Lipinski definition) is 5. The fourth-order valence-corrected chi connectivity index (χ4v) is 2.32. The Kier molecular flexibility index (Phi) is 4.43. The van der Waals surface area contributed by atoms with Crippen molar-refractivity contribution in [2.24, 2.45) is 0 Å². The molecule has 1 aromatic heterocycles. The maximum atomic E-state index is 12.3. The summed E-state index contributed by atoms with van der Waals surface area (Å²) < 4.78 is 24.6. The Hall–Kier alpha value is -1.83. The van der Waals surface area contributed by atoms with Crippen LogP contribution in [0.1, 0.15) is 5.56 Å². The molecule has 0 unspecified atom stereocenters. The number of nitro groups is 1. The van der Waals surface area contributed by atoms with E-state index in [2.05, 4.69) is 4.98 Å². The predicted octanol–water partition coefficient (Wildman–Crippen LogP) is 1.69. The van der Waals surface area contributed by atoms with Gasteiger partial charge in [0.15, 0.2) is 0 Å². The van der Waals surface area contributed by atoms with E-state index < -0.39 is 11.3 Å². The highest BCUT2D eigenvalue weighted by atomic mass is 19.3. The van der Waals surface area contributed by atoms with Gasteiger partial charge in [-0.15, -0.1) is 0 Å². The summed E-state index contributed by atoms with van der Waals surface area (Å²) in [4.78, 5) is 18.0. The standard InChI is InChI=1S/C12H16F2N4O2/c1-9-6-10(18(19)20)7-15-12(9)17-4-2-16(3-5-17)8-11(13)14/h6-7,11H,2-5,8H2,1H3. The lowest BCUT2D eigenvalue weighted by Gasteiger charge is -2.35. The smallest absolute Gasteiger partial charge is 0.287 e. The molecule has 0 aromatic carbocycles. The first-order valence-corrected chi connectivity index (χ1v) is 6.34. The van der Waals surface area contributed by atoms with Crippen molar-refractivity contribution in [3.63, 3.8) is 0 Å². The van der Waals surface area contributed by atoms with Gasteiger partial charge in [-0.05, 0) is 12.5 Å². The molecule has 1 fully saturated rings. The second kappa shape index (κ2) is 6.08. The maximum Gasteiger partial charge on any atom is 0.287 e. The molecule has 0 bridgehead atoms. The average molecular weight is 286 g/mol. The van der Waals surface area contributed by atoms with Crippen LogP contribution in [-0.4, -0.2) is 54.0 Å². The van der Waals surface area contributed by atoms with E-state index in [0.717, 1.165) is 5.56 Å². The van der Waals surface area contributed by atoms with Crippen LogP contribution in [0.2, 0.25) is 0 Å². The van der Waals surface area contributed by atoms with Crippen molar-refractivity contribution in [3.8, 4) is 0 Å². The fraction of sp³-hybridized carbons (Fsp3) is 0.583. The molecule has 0 N–H and O–H groups in total. The average Bonchev–Trinajstić information content (AvgIpc) is 2.39. The van der Waals surface area contributed by atoms with Crippen molar-refractivity contribution in [2.45, 2.75) is 13.3 Å². The number of rotatable bonds is 4. The van der Waals surface area contributed by atoms with Crippen LogP contribution in [0.5, 0.6) is 0 Å². The molecule has 6 nitrogen and oxygen atoms in total. The lowest BCUT2D eigenvalue weighted by atomic mass is 10.2. The number of aromatic nitrogens is 1. The van der Waals surface area contributed by atoms with Crippen molar-refractivity contribution in [1.29, 1.82) is 0 Å². The largest absolute Gasteiger partial charge is 0.354 e. The monoisotopic (exact) mass is 286 g/mol. The van der Waals surface area contributed by atoms with Crippen molar-refractivity contribution in [1.82, 2.24) is 9.88 Å². The number of halogens is 2. The van der Waals surface area contributed by atoms with Crippen LogP contribution < -0.4 is 4.90 Å². The Bertz CT molecular complexity index is 490. The molecule has 110 valence electrons. The van der Waals surface area contributed by atoms with Gasteiger partial charge in [0.2, 0.25) is 0 Å². The number of aryl methyl sites for hydroxylation is 1. The Balaban J connectivity index is 2.02. The summed E-state index contributed by atoms with van der Waals surface area (Å²) in [6.07, 6.45) is -1.09. The minimum absolute atomic E-state index is 0.0393. The number of pyridine rings is 1. The van der Waals surface area contributed by atoms with Crippen LogP contribution in [0, 0.1) is 17.0 Å². The fourth-order valence-electron chi connectivity index (χ4n) is 2.32. The zero-order valence-corrected chi connectivity index (χ0v) is 11.1. The number of anilines is 1. The molecule has 2 heterocycles. The molecule has 2 rings (SSSR count). The van der Waals surface area contributed by atoms with Crippen molar-refractivity contribution >= 4 is 11.5 Å². The van der Waals surface area contributed by atoms with Gasteiger partial charge in [0, 0.05) is 32.2 Å². The van der Waals surface area contributed by atoms with Crippen LogP contribution in [-0.2, 0) is 0 Å². The zero-order valence-electron chi connectivity index (χ0n) is 11.1. The van der Waals surface area contributed by atoms with E-state index in [1.165, 1.54) is 12.3 Å². The summed E-state index contributed by atoms with van der Waals surface area (Å²) in [6, 6.07) is 1.48. The second-order valence-corrected chi connectivity index (χ2v) is 4.77. The quantitative estimate of drug-likeness (QED) is 0.622. The van der Waals surface area contributed by atoms with E-state index in [4.69, 9.17) is 0 Å². The van der Waals surface area contributed by atoms with E-state index in [1.54, 1.807) is 11.8 Å². The topological polar surface area (TPSA) is 62.5 Å². The molecule has 1 aliphatic rings. The van der Waals surface area contributed by atoms with Gasteiger partial charge < -0.3 is 4.90 Å². The molecule has 1 aliphatic heterocycles. The minimum Gasteiger partial charge on any atom is -0.354 e. The lowest BCUT2D eigenvalue weighted by Crippen LogP contribution is -2.48. The molecule has 1 aromatic rings. The van der Waals surface area contributed by atoms with E-state index in [1.807, 2.05) is 4.90 Å². The molecule has 0 amide bonds. The third kappa shape index (κ3) is 3.38. The third-order valence-electron chi connectivity index (χ3n) is 3.32. The van der Waals surface area contributed by atoms with Gasteiger partial charge in [0.05, 0.1) is 11.5 Å². The van der Waals surface area contributed by atoms with Gasteiger partial charge in [-0.1, -0.05) is 0 Å². The first kappa shape index (κ1) is 14.6. The maximum absolute atomic E-state index is 12.3. The minimum atomic E-state index is -2.32. The first-order chi connectivity index (χ1) is 9.47. The summed E-state index contributed by atoms with van der Waals surface area (Å²) in [6.45, 7) is 3.84. The Morgan fingerprint density at radius 3 is 2.55 bits per heavy atom. The van der Waals surface area contributed by atoms with E-state index >= 15 is 0 Å². The van der Waals surface area contributed by atoms with Crippen molar-refractivity contribution in [3.05, 3.63) is 27.9 Å². The normalized spacial score (nSPS) is 16.7. The zero-order chi connectivity index (χ0) is 14.7. The molecular weight excluding hydrogens is 270 g/mol. The summed E-state index contributed by atoms with van der Waals surface area (Å²) in [7, 11) is 0. The Morgan fingerprint density at radius 1 is 1.40 bits per heavy atom. The number of hydrogen-bond donors (Lipinski definition) is 0. The number of alkyl halides is 2. The summed E-state index contributed by atoms with van der Waals surface area (Å²) >= 11 is 0. The molecule has 0 atom stereocenters. The second-order valence-electron chi connectivity index (χ2n) is 4.77. The van der Waals surface area contributed by atoms with Crippen LogP contribution >= 0.6 is 0 Å². The molecule has 0 saturated carbocycles. The molecule has 0 spiro atoms. The lowest BCUT2D eigenvalue weighted by molar-refractivity contribution is -0.385. The number of piperazine rings is 1. The molecule has 1 saturated heterocycles. The van der Waals surface area contributed by atoms with Gasteiger partial charge in [0.1, 0.15) is 12.0 Å².